The number of amides is 1. The average molecular weight is 326 g/mol. The lowest BCUT2D eigenvalue weighted by molar-refractivity contribution is 0.0769. The third kappa shape index (κ3) is 2.80. The molecule has 0 bridgehead atoms. The number of aromatic nitrogens is 4. The minimum absolute atomic E-state index is 0.0381. The fourth-order valence-corrected chi connectivity index (χ4v) is 2.90. The monoisotopic (exact) mass is 326 g/mol. The van der Waals surface area contributed by atoms with Crippen LogP contribution in [0.5, 0.6) is 5.88 Å². The fraction of sp³-hybridized carbons (Fsp3) is 0.438. The first-order chi connectivity index (χ1) is 11.5. The Morgan fingerprint density at radius 3 is 2.79 bits per heavy atom. The molecule has 0 aromatic carbocycles. The maximum atomic E-state index is 12.8. The number of ether oxygens (including phenoxy) is 1. The highest BCUT2D eigenvalue weighted by atomic mass is 16.5. The molecule has 1 amide bonds. The molecule has 1 aliphatic rings. The molecule has 0 N–H and O–H groups in total. The van der Waals surface area contributed by atoms with Crippen LogP contribution in [0.2, 0.25) is 0 Å². The van der Waals surface area contributed by atoms with Crippen LogP contribution in [-0.4, -0.2) is 49.7 Å². The Morgan fingerprint density at radius 2 is 2.12 bits per heavy atom. The normalized spacial score (nSPS) is 16.9. The molecule has 0 unspecified atom stereocenters. The summed E-state index contributed by atoms with van der Waals surface area (Å²) in [5, 5.41) is 13.3. The van der Waals surface area contributed by atoms with Gasteiger partial charge in [0, 0.05) is 38.1 Å². The van der Waals surface area contributed by atoms with Crippen LogP contribution in [0.25, 0.3) is 0 Å². The van der Waals surface area contributed by atoms with E-state index in [9.17, 15) is 4.79 Å². The van der Waals surface area contributed by atoms with Crippen molar-refractivity contribution in [3.05, 3.63) is 35.0 Å². The molecule has 2 aromatic rings. The van der Waals surface area contributed by atoms with Crippen molar-refractivity contribution < 1.29 is 9.53 Å². The molecule has 3 heterocycles. The van der Waals surface area contributed by atoms with E-state index in [1.54, 1.807) is 9.58 Å². The molecular formula is C16H18N6O2. The van der Waals surface area contributed by atoms with Gasteiger partial charge in [0.15, 0.2) is 0 Å². The number of likely N-dealkylation sites (tertiary alicyclic amines) is 1. The second-order valence-electron chi connectivity index (χ2n) is 5.77. The van der Waals surface area contributed by atoms with Crippen molar-refractivity contribution >= 4 is 5.91 Å². The maximum absolute atomic E-state index is 12.8. The SMILES string of the molecule is Cc1nn(C)c(C)c1C(=O)N1CC[C@@H](Oc2nccnc2C#N)C1. The maximum Gasteiger partial charge on any atom is 0.257 e. The Balaban J connectivity index is 1.71. The van der Waals surface area contributed by atoms with Crippen molar-refractivity contribution in [2.24, 2.45) is 7.05 Å². The molecule has 1 atom stereocenters. The number of hydrogen-bond donors (Lipinski definition) is 0. The van der Waals surface area contributed by atoms with Gasteiger partial charge in [-0.1, -0.05) is 0 Å². The fourth-order valence-electron chi connectivity index (χ4n) is 2.90. The summed E-state index contributed by atoms with van der Waals surface area (Å²) in [7, 11) is 1.83. The Labute approximate surface area is 139 Å². The van der Waals surface area contributed by atoms with Gasteiger partial charge in [0.1, 0.15) is 12.2 Å². The third-order valence-corrected chi connectivity index (χ3v) is 4.20. The van der Waals surface area contributed by atoms with E-state index in [0.29, 0.717) is 25.1 Å². The standard InChI is InChI=1S/C16H18N6O2/c1-10-14(11(2)21(3)20-10)16(23)22-7-4-12(9-22)24-15-13(8-17)18-5-6-19-15/h5-6,12H,4,7,9H2,1-3H3/t12-/m1/s1. The van der Waals surface area contributed by atoms with Crippen molar-refractivity contribution in [3.8, 4) is 11.9 Å². The van der Waals surface area contributed by atoms with Gasteiger partial charge in [0.05, 0.1) is 17.8 Å². The van der Waals surface area contributed by atoms with E-state index < -0.39 is 0 Å². The zero-order chi connectivity index (χ0) is 17.3. The molecule has 2 aromatic heterocycles. The van der Waals surface area contributed by atoms with Gasteiger partial charge >= 0.3 is 0 Å². The van der Waals surface area contributed by atoms with Crippen molar-refractivity contribution in [2.75, 3.05) is 13.1 Å². The summed E-state index contributed by atoms with van der Waals surface area (Å²) in [5.74, 6) is 0.178. The van der Waals surface area contributed by atoms with Crippen LogP contribution in [0, 0.1) is 25.2 Å². The molecule has 0 radical (unpaired) electrons. The summed E-state index contributed by atoms with van der Waals surface area (Å²) in [6, 6.07) is 1.96. The molecule has 8 heteroatoms. The minimum atomic E-state index is -0.199. The number of rotatable bonds is 3. The molecule has 124 valence electrons. The average Bonchev–Trinajstić information content (AvgIpc) is 3.13. The summed E-state index contributed by atoms with van der Waals surface area (Å²) in [6.07, 6.45) is 3.42. The zero-order valence-electron chi connectivity index (χ0n) is 13.9. The molecule has 1 saturated heterocycles. The van der Waals surface area contributed by atoms with Crippen LogP contribution in [0.4, 0.5) is 0 Å². The van der Waals surface area contributed by atoms with E-state index in [1.807, 2.05) is 27.0 Å². The van der Waals surface area contributed by atoms with Crippen LogP contribution in [0.1, 0.15) is 33.9 Å². The Bertz CT molecular complexity index is 822. The van der Waals surface area contributed by atoms with Crippen LogP contribution in [0.15, 0.2) is 12.4 Å². The van der Waals surface area contributed by atoms with Gasteiger partial charge in [-0.3, -0.25) is 9.48 Å². The number of nitriles is 1. The molecule has 24 heavy (non-hydrogen) atoms. The molecule has 0 spiro atoms. The van der Waals surface area contributed by atoms with Crippen molar-refractivity contribution in [3.63, 3.8) is 0 Å². The van der Waals surface area contributed by atoms with E-state index in [0.717, 1.165) is 11.4 Å². The highest BCUT2D eigenvalue weighted by molar-refractivity contribution is 5.96. The summed E-state index contributed by atoms with van der Waals surface area (Å²) >= 11 is 0. The highest BCUT2D eigenvalue weighted by Gasteiger charge is 2.31. The topological polar surface area (TPSA) is 96.9 Å². The molecule has 1 fully saturated rings. The second-order valence-corrected chi connectivity index (χ2v) is 5.77. The van der Waals surface area contributed by atoms with Crippen molar-refractivity contribution in [1.29, 1.82) is 5.26 Å². The van der Waals surface area contributed by atoms with E-state index in [1.165, 1.54) is 12.4 Å². The van der Waals surface area contributed by atoms with Gasteiger partial charge in [-0.25, -0.2) is 9.97 Å². The molecule has 1 aliphatic heterocycles. The largest absolute Gasteiger partial charge is 0.470 e. The lowest BCUT2D eigenvalue weighted by Gasteiger charge is -2.17. The first-order valence-corrected chi connectivity index (χ1v) is 7.68. The number of carbonyl (C=O) groups is 1. The molecule has 3 rings (SSSR count). The van der Waals surface area contributed by atoms with Gasteiger partial charge in [0.25, 0.3) is 11.8 Å². The van der Waals surface area contributed by atoms with E-state index in [4.69, 9.17) is 10.00 Å². The summed E-state index contributed by atoms with van der Waals surface area (Å²) in [5.41, 5.74) is 2.38. The molecule has 0 aliphatic carbocycles. The van der Waals surface area contributed by atoms with Gasteiger partial charge < -0.3 is 9.64 Å². The molecule has 0 saturated carbocycles. The van der Waals surface area contributed by atoms with Crippen LogP contribution in [-0.2, 0) is 7.05 Å². The highest BCUT2D eigenvalue weighted by Crippen LogP contribution is 2.22. The first-order valence-electron chi connectivity index (χ1n) is 7.68. The van der Waals surface area contributed by atoms with Crippen molar-refractivity contribution in [1.82, 2.24) is 24.6 Å². The minimum Gasteiger partial charge on any atom is -0.470 e. The number of nitrogens with zero attached hydrogens (tertiary/aromatic N) is 6. The summed E-state index contributed by atoms with van der Waals surface area (Å²) < 4.78 is 7.48. The van der Waals surface area contributed by atoms with Gasteiger partial charge in [-0.2, -0.15) is 10.4 Å². The predicted molar refractivity (Wildman–Crippen MR) is 84.4 cm³/mol. The van der Waals surface area contributed by atoms with Crippen LogP contribution >= 0.6 is 0 Å². The number of carbonyl (C=O) groups excluding carboxylic acids is 1. The summed E-state index contributed by atoms with van der Waals surface area (Å²) in [4.78, 5) is 22.5. The number of hydrogen-bond acceptors (Lipinski definition) is 6. The van der Waals surface area contributed by atoms with Gasteiger partial charge in [-0.15, -0.1) is 0 Å². The Morgan fingerprint density at radius 1 is 1.38 bits per heavy atom. The van der Waals surface area contributed by atoms with Crippen LogP contribution in [0.3, 0.4) is 0 Å². The quantitative estimate of drug-likeness (QED) is 0.834. The van der Waals surface area contributed by atoms with E-state index in [2.05, 4.69) is 15.1 Å². The molecule has 8 nitrogen and oxygen atoms in total. The lowest BCUT2D eigenvalue weighted by Crippen LogP contribution is -2.31. The summed E-state index contributed by atoms with van der Waals surface area (Å²) in [6.45, 7) is 4.77. The van der Waals surface area contributed by atoms with E-state index in [-0.39, 0.29) is 23.6 Å². The number of aryl methyl sites for hydroxylation is 2. The second kappa shape index (κ2) is 6.28. The van der Waals surface area contributed by atoms with Crippen LogP contribution < -0.4 is 4.74 Å². The van der Waals surface area contributed by atoms with Crippen molar-refractivity contribution in [2.45, 2.75) is 26.4 Å². The zero-order valence-corrected chi connectivity index (χ0v) is 13.9. The third-order valence-electron chi connectivity index (χ3n) is 4.20. The molecular weight excluding hydrogens is 308 g/mol. The smallest absolute Gasteiger partial charge is 0.257 e. The Hall–Kier alpha value is -2.95. The predicted octanol–water partition coefficient (Wildman–Crippen LogP) is 0.992. The lowest BCUT2D eigenvalue weighted by atomic mass is 10.2. The van der Waals surface area contributed by atoms with Gasteiger partial charge in [-0.05, 0) is 13.8 Å². The van der Waals surface area contributed by atoms with Gasteiger partial charge in [0.2, 0.25) is 5.69 Å². The Kier molecular flexibility index (Phi) is 4.16. The first kappa shape index (κ1) is 15.9. The van der Waals surface area contributed by atoms with E-state index >= 15 is 0 Å².